The fourth-order valence-corrected chi connectivity index (χ4v) is 6.42. The van der Waals surface area contributed by atoms with Gasteiger partial charge >= 0.3 is 0 Å². The van der Waals surface area contributed by atoms with E-state index in [1.165, 1.54) is 33.0 Å². The summed E-state index contributed by atoms with van der Waals surface area (Å²) in [6.45, 7) is 8.91. The molecular formula is C32H32O. The molecule has 4 aliphatic rings. The Labute approximate surface area is 196 Å². The van der Waals surface area contributed by atoms with Crippen LogP contribution in [0.3, 0.4) is 0 Å². The first-order chi connectivity index (χ1) is 16.0. The van der Waals surface area contributed by atoms with Crippen molar-refractivity contribution in [2.45, 2.75) is 51.9 Å². The summed E-state index contributed by atoms with van der Waals surface area (Å²) < 4.78 is 6.08. The minimum atomic E-state index is -0.0570. The van der Waals surface area contributed by atoms with E-state index in [1.54, 1.807) is 5.57 Å². The molecule has 0 amide bonds. The first-order valence-electron chi connectivity index (χ1n) is 12.4. The molecular weight excluding hydrogens is 400 g/mol. The van der Waals surface area contributed by atoms with Crippen LogP contribution in [0, 0.1) is 18.8 Å². The summed E-state index contributed by atoms with van der Waals surface area (Å²) in [7, 11) is 0. The topological polar surface area (TPSA) is 13.1 Å². The number of benzene rings is 1. The highest BCUT2D eigenvalue weighted by Crippen LogP contribution is 2.51. The number of furan rings is 1. The van der Waals surface area contributed by atoms with E-state index in [2.05, 4.69) is 107 Å². The number of allylic oxidation sites excluding steroid dienone is 9. The smallest absolute Gasteiger partial charge is 0.130 e. The fourth-order valence-electron chi connectivity index (χ4n) is 6.42. The van der Waals surface area contributed by atoms with Crippen LogP contribution in [-0.2, 0) is 5.41 Å². The number of hydrogen-bond donors (Lipinski definition) is 0. The second-order valence-corrected chi connectivity index (χ2v) is 10.4. The molecule has 0 saturated carbocycles. The second-order valence-electron chi connectivity index (χ2n) is 10.4. The molecule has 6 rings (SSSR count). The van der Waals surface area contributed by atoms with Gasteiger partial charge in [-0.1, -0.05) is 86.2 Å². The third-order valence-electron chi connectivity index (χ3n) is 8.18. The number of fused-ring (bicyclic) bond motifs is 6. The minimum Gasteiger partial charge on any atom is -0.461 e. The zero-order chi connectivity index (χ0) is 22.7. The maximum Gasteiger partial charge on any atom is 0.130 e. The predicted molar refractivity (Wildman–Crippen MR) is 139 cm³/mol. The highest BCUT2D eigenvalue weighted by atomic mass is 16.3. The second kappa shape index (κ2) is 7.48. The molecule has 1 aromatic heterocycles. The van der Waals surface area contributed by atoms with Gasteiger partial charge < -0.3 is 4.42 Å². The first kappa shape index (κ1) is 20.5. The molecule has 0 N–H and O–H groups in total. The van der Waals surface area contributed by atoms with Crippen molar-refractivity contribution >= 4 is 23.8 Å². The van der Waals surface area contributed by atoms with Crippen molar-refractivity contribution in [3.8, 4) is 0 Å². The molecule has 0 radical (unpaired) electrons. The lowest BCUT2D eigenvalue weighted by Gasteiger charge is -2.40. The molecule has 0 fully saturated rings. The van der Waals surface area contributed by atoms with Crippen LogP contribution in [0.2, 0.25) is 0 Å². The van der Waals surface area contributed by atoms with Crippen LogP contribution in [0.4, 0.5) is 0 Å². The van der Waals surface area contributed by atoms with Crippen LogP contribution >= 0.6 is 0 Å². The summed E-state index contributed by atoms with van der Waals surface area (Å²) >= 11 is 0. The zero-order valence-electron chi connectivity index (χ0n) is 20.1. The van der Waals surface area contributed by atoms with Gasteiger partial charge in [0.25, 0.3) is 0 Å². The summed E-state index contributed by atoms with van der Waals surface area (Å²) in [5.41, 5.74) is 9.56. The number of hydrogen-bond acceptors (Lipinski definition) is 1. The van der Waals surface area contributed by atoms with Gasteiger partial charge in [0.15, 0.2) is 0 Å². The standard InChI is InChI=1S/C32H32O/c1-5-9-23-21(3)33-30-16-17-32(4,19-29(23)30)22-14-15-25-24-11-6-7-12-26(24)31-20(2)10-8-13-27(31)28(25)18-22/h5-9,11-16,18-20,24,26H,10,17H2,1-4H3/b9-5-. The molecule has 1 heteroatoms. The van der Waals surface area contributed by atoms with E-state index < -0.39 is 0 Å². The van der Waals surface area contributed by atoms with Crippen molar-refractivity contribution in [2.75, 3.05) is 0 Å². The van der Waals surface area contributed by atoms with E-state index in [1.807, 2.05) is 0 Å². The Hall–Kier alpha value is -3.06. The van der Waals surface area contributed by atoms with Crippen molar-refractivity contribution in [1.29, 1.82) is 0 Å². The monoisotopic (exact) mass is 432 g/mol. The average Bonchev–Trinajstić information content (AvgIpc) is 3.13. The van der Waals surface area contributed by atoms with Gasteiger partial charge in [-0.15, -0.1) is 0 Å². The van der Waals surface area contributed by atoms with Gasteiger partial charge in [0.2, 0.25) is 0 Å². The Balaban J connectivity index is 1.53. The lowest BCUT2D eigenvalue weighted by atomic mass is 9.64. The van der Waals surface area contributed by atoms with Gasteiger partial charge in [0, 0.05) is 28.0 Å². The van der Waals surface area contributed by atoms with Gasteiger partial charge in [0.1, 0.15) is 11.2 Å². The SMILES string of the molecule is C/C=C\c1c(C)oc2c1=CC(C)(c1ccc3c(c1)C1=C(C(C)CC=C1)C1C=CC=CC31)CC=2. The van der Waals surface area contributed by atoms with Crippen LogP contribution in [0.1, 0.15) is 67.5 Å². The van der Waals surface area contributed by atoms with Gasteiger partial charge in [0.05, 0.1) is 0 Å². The van der Waals surface area contributed by atoms with Crippen molar-refractivity contribution < 1.29 is 4.42 Å². The quantitative estimate of drug-likeness (QED) is 0.513. The van der Waals surface area contributed by atoms with Gasteiger partial charge in [-0.2, -0.15) is 0 Å². The molecule has 0 saturated heterocycles. The van der Waals surface area contributed by atoms with Crippen molar-refractivity contribution in [3.63, 3.8) is 0 Å². The van der Waals surface area contributed by atoms with Crippen molar-refractivity contribution in [2.24, 2.45) is 11.8 Å². The van der Waals surface area contributed by atoms with Crippen LogP contribution in [-0.4, -0.2) is 0 Å². The number of rotatable bonds is 2. The highest BCUT2D eigenvalue weighted by Gasteiger charge is 2.37. The average molecular weight is 433 g/mol. The minimum absolute atomic E-state index is 0.0570. The van der Waals surface area contributed by atoms with Crippen molar-refractivity contribution in [3.05, 3.63) is 105 Å². The van der Waals surface area contributed by atoms with E-state index >= 15 is 0 Å². The fraction of sp³-hybridized carbons (Fsp3) is 0.312. The van der Waals surface area contributed by atoms with Crippen LogP contribution in [0.25, 0.3) is 23.8 Å². The zero-order valence-corrected chi connectivity index (χ0v) is 20.1. The molecule has 1 heterocycles. The lowest BCUT2D eigenvalue weighted by Crippen LogP contribution is -2.34. The Kier molecular flexibility index (Phi) is 4.66. The molecule has 166 valence electrons. The molecule has 1 nitrogen and oxygen atoms in total. The molecule has 33 heavy (non-hydrogen) atoms. The van der Waals surface area contributed by atoms with Gasteiger partial charge in [-0.05, 0) is 67.0 Å². The summed E-state index contributed by atoms with van der Waals surface area (Å²) in [4.78, 5) is 0. The first-order valence-corrected chi connectivity index (χ1v) is 12.4. The van der Waals surface area contributed by atoms with Crippen molar-refractivity contribution in [1.82, 2.24) is 0 Å². The van der Waals surface area contributed by atoms with Crippen LogP contribution < -0.4 is 10.6 Å². The Morgan fingerprint density at radius 2 is 1.94 bits per heavy atom. The van der Waals surface area contributed by atoms with Crippen LogP contribution in [0.5, 0.6) is 0 Å². The summed E-state index contributed by atoms with van der Waals surface area (Å²) in [5.74, 6) is 2.54. The number of aryl methyl sites for hydroxylation is 1. The summed E-state index contributed by atoms with van der Waals surface area (Å²) in [6, 6.07) is 7.28. The maximum atomic E-state index is 6.08. The third kappa shape index (κ3) is 3.05. The van der Waals surface area contributed by atoms with E-state index in [0.717, 1.165) is 24.0 Å². The molecule has 0 aliphatic heterocycles. The van der Waals surface area contributed by atoms with E-state index in [9.17, 15) is 0 Å². The molecule has 0 spiro atoms. The Morgan fingerprint density at radius 3 is 2.76 bits per heavy atom. The van der Waals surface area contributed by atoms with E-state index in [0.29, 0.717) is 17.8 Å². The molecule has 4 atom stereocenters. The molecule has 4 unspecified atom stereocenters. The summed E-state index contributed by atoms with van der Waals surface area (Å²) in [5, 5.41) is 1.24. The van der Waals surface area contributed by atoms with Crippen LogP contribution in [0.15, 0.2) is 70.7 Å². The van der Waals surface area contributed by atoms with E-state index in [-0.39, 0.29) is 5.41 Å². The molecule has 2 aromatic rings. The lowest BCUT2D eigenvalue weighted by molar-refractivity contribution is 0.493. The third-order valence-corrected chi connectivity index (χ3v) is 8.18. The largest absolute Gasteiger partial charge is 0.461 e. The van der Waals surface area contributed by atoms with Gasteiger partial charge in [-0.3, -0.25) is 0 Å². The Morgan fingerprint density at radius 1 is 1.12 bits per heavy atom. The maximum absolute atomic E-state index is 6.08. The normalized spacial score (nSPS) is 29.3. The summed E-state index contributed by atoms with van der Waals surface area (Å²) in [6.07, 6.45) is 25.1. The molecule has 1 aromatic carbocycles. The highest BCUT2D eigenvalue weighted by molar-refractivity contribution is 5.84. The molecule has 4 aliphatic carbocycles. The Bertz CT molecular complexity index is 1420. The van der Waals surface area contributed by atoms with Gasteiger partial charge in [-0.25, -0.2) is 0 Å². The predicted octanol–water partition coefficient (Wildman–Crippen LogP) is 6.73. The van der Waals surface area contributed by atoms with E-state index in [4.69, 9.17) is 4.42 Å². The molecule has 0 bridgehead atoms.